The minimum Gasteiger partial charge on any atom is -0.486 e. The summed E-state index contributed by atoms with van der Waals surface area (Å²) in [4.78, 5) is 22.1. The quantitative estimate of drug-likeness (QED) is 0.636. The number of esters is 1. The van der Waals surface area contributed by atoms with Crippen LogP contribution < -0.4 is 15.4 Å². The van der Waals surface area contributed by atoms with Crippen molar-refractivity contribution in [1.29, 1.82) is 0 Å². The number of carbonyl (C=O) groups is 2. The molecule has 0 bridgehead atoms. The number of anilines is 2. The first-order valence-electron chi connectivity index (χ1n) is 7.14. The molecule has 0 saturated heterocycles. The van der Waals surface area contributed by atoms with Gasteiger partial charge in [-0.05, 0) is 31.5 Å². The van der Waals surface area contributed by atoms with Crippen LogP contribution >= 0.6 is 0 Å². The van der Waals surface area contributed by atoms with E-state index in [9.17, 15) is 9.59 Å². The number of nitrogens with one attached hydrogen (secondary N) is 2. The highest BCUT2D eigenvalue weighted by Gasteiger charge is 2.50. The standard InChI is InChI=1S/C15H18N2O4/c1-2-20-15(19)11-6-10(11)14-7-16-12-5-9(17-8-18)3-4-13(12)21-14/h3-5,8,10-11,14,16H,2,6-7H2,1H3,(H,17,18). The van der Waals surface area contributed by atoms with Crippen molar-refractivity contribution in [2.24, 2.45) is 11.8 Å². The van der Waals surface area contributed by atoms with Crippen LogP contribution in [0.15, 0.2) is 18.2 Å². The van der Waals surface area contributed by atoms with Gasteiger partial charge >= 0.3 is 5.97 Å². The third-order valence-electron chi connectivity index (χ3n) is 3.88. The fourth-order valence-electron chi connectivity index (χ4n) is 2.73. The summed E-state index contributed by atoms with van der Waals surface area (Å²) >= 11 is 0. The number of ether oxygens (including phenoxy) is 2. The zero-order valence-corrected chi connectivity index (χ0v) is 11.8. The van der Waals surface area contributed by atoms with Crippen LogP contribution in [0.4, 0.5) is 11.4 Å². The van der Waals surface area contributed by atoms with Crippen molar-refractivity contribution in [3.8, 4) is 5.75 Å². The van der Waals surface area contributed by atoms with E-state index in [4.69, 9.17) is 9.47 Å². The van der Waals surface area contributed by atoms with Crippen molar-refractivity contribution < 1.29 is 19.1 Å². The summed E-state index contributed by atoms with van der Waals surface area (Å²) in [6, 6.07) is 5.44. The Morgan fingerprint density at radius 2 is 2.43 bits per heavy atom. The first kappa shape index (κ1) is 13.7. The van der Waals surface area contributed by atoms with E-state index < -0.39 is 0 Å². The lowest BCUT2D eigenvalue weighted by Crippen LogP contribution is -2.33. The van der Waals surface area contributed by atoms with E-state index >= 15 is 0 Å². The molecule has 3 rings (SSSR count). The lowest BCUT2D eigenvalue weighted by atomic mass is 10.1. The molecule has 3 unspecified atom stereocenters. The molecule has 1 aliphatic carbocycles. The van der Waals surface area contributed by atoms with Gasteiger partial charge in [0.25, 0.3) is 0 Å². The molecule has 1 aromatic carbocycles. The molecule has 1 saturated carbocycles. The van der Waals surface area contributed by atoms with Gasteiger partial charge in [-0.2, -0.15) is 0 Å². The van der Waals surface area contributed by atoms with E-state index in [2.05, 4.69) is 10.6 Å². The number of hydrogen-bond acceptors (Lipinski definition) is 5. The molecular weight excluding hydrogens is 272 g/mol. The van der Waals surface area contributed by atoms with E-state index in [1.54, 1.807) is 6.07 Å². The molecule has 1 heterocycles. The van der Waals surface area contributed by atoms with Gasteiger partial charge in [0.15, 0.2) is 0 Å². The van der Waals surface area contributed by atoms with Crippen molar-refractivity contribution in [2.75, 3.05) is 23.8 Å². The third-order valence-corrected chi connectivity index (χ3v) is 3.88. The molecule has 0 aromatic heterocycles. The monoisotopic (exact) mass is 290 g/mol. The van der Waals surface area contributed by atoms with E-state index in [0.29, 0.717) is 25.2 Å². The van der Waals surface area contributed by atoms with Crippen LogP contribution in [0.3, 0.4) is 0 Å². The maximum Gasteiger partial charge on any atom is 0.309 e. The molecule has 0 radical (unpaired) electrons. The number of fused-ring (bicyclic) bond motifs is 1. The topological polar surface area (TPSA) is 76.7 Å². The largest absolute Gasteiger partial charge is 0.486 e. The average molecular weight is 290 g/mol. The van der Waals surface area contributed by atoms with E-state index in [0.717, 1.165) is 17.9 Å². The summed E-state index contributed by atoms with van der Waals surface area (Å²) in [6.07, 6.45) is 1.45. The second-order valence-electron chi connectivity index (χ2n) is 5.27. The van der Waals surface area contributed by atoms with Crippen molar-refractivity contribution >= 4 is 23.8 Å². The Balaban J connectivity index is 1.63. The maximum atomic E-state index is 11.7. The SMILES string of the molecule is CCOC(=O)C1CC1C1CNc2cc(NC=O)ccc2O1. The Morgan fingerprint density at radius 3 is 3.19 bits per heavy atom. The van der Waals surface area contributed by atoms with Gasteiger partial charge in [-0.3, -0.25) is 9.59 Å². The predicted molar refractivity (Wildman–Crippen MR) is 77.3 cm³/mol. The highest BCUT2D eigenvalue weighted by atomic mass is 16.5. The number of amides is 1. The lowest BCUT2D eigenvalue weighted by molar-refractivity contribution is -0.145. The van der Waals surface area contributed by atoms with Crippen LogP contribution in [0.5, 0.6) is 5.75 Å². The Kier molecular flexibility index (Phi) is 3.68. The first-order valence-corrected chi connectivity index (χ1v) is 7.14. The number of benzene rings is 1. The highest BCUT2D eigenvalue weighted by molar-refractivity contribution is 5.77. The molecule has 3 atom stereocenters. The van der Waals surface area contributed by atoms with E-state index in [1.165, 1.54) is 0 Å². The van der Waals surface area contributed by atoms with Crippen LogP contribution in [0.25, 0.3) is 0 Å². The molecule has 6 heteroatoms. The number of hydrogen-bond donors (Lipinski definition) is 2. The van der Waals surface area contributed by atoms with Crippen LogP contribution in [0.1, 0.15) is 13.3 Å². The van der Waals surface area contributed by atoms with E-state index in [1.807, 2.05) is 19.1 Å². The lowest BCUT2D eigenvalue weighted by Gasteiger charge is -2.28. The molecule has 1 fully saturated rings. The summed E-state index contributed by atoms with van der Waals surface area (Å²) in [5.74, 6) is 0.811. The smallest absolute Gasteiger partial charge is 0.309 e. The minimum absolute atomic E-state index is 0.0169. The third kappa shape index (κ3) is 2.79. The molecule has 21 heavy (non-hydrogen) atoms. The molecule has 1 aromatic rings. The second-order valence-corrected chi connectivity index (χ2v) is 5.27. The van der Waals surface area contributed by atoms with E-state index in [-0.39, 0.29) is 23.9 Å². The van der Waals surface area contributed by atoms with Crippen molar-refractivity contribution in [3.05, 3.63) is 18.2 Å². The van der Waals surface area contributed by atoms with Crippen molar-refractivity contribution in [3.63, 3.8) is 0 Å². The second kappa shape index (κ2) is 5.63. The highest BCUT2D eigenvalue weighted by Crippen LogP contribution is 2.45. The van der Waals surface area contributed by atoms with Gasteiger partial charge in [0.2, 0.25) is 6.41 Å². The summed E-state index contributed by atoms with van der Waals surface area (Å²) in [5, 5.41) is 5.89. The molecule has 1 aliphatic heterocycles. The Bertz CT molecular complexity index is 561. The van der Waals surface area contributed by atoms with Gasteiger partial charge in [-0.1, -0.05) is 0 Å². The van der Waals surface area contributed by atoms with Gasteiger partial charge in [-0.25, -0.2) is 0 Å². The van der Waals surface area contributed by atoms with Crippen LogP contribution in [-0.2, 0) is 14.3 Å². The molecule has 0 spiro atoms. The fraction of sp³-hybridized carbons (Fsp3) is 0.467. The van der Waals surface area contributed by atoms with Gasteiger partial charge in [-0.15, -0.1) is 0 Å². The molecule has 2 N–H and O–H groups in total. The summed E-state index contributed by atoms with van der Waals surface area (Å²) in [6.45, 7) is 2.88. The van der Waals surface area contributed by atoms with Gasteiger partial charge < -0.3 is 20.1 Å². The van der Waals surface area contributed by atoms with Gasteiger partial charge in [0.1, 0.15) is 11.9 Å². The molecule has 6 nitrogen and oxygen atoms in total. The maximum absolute atomic E-state index is 11.7. The molecular formula is C15H18N2O4. The van der Waals surface area contributed by atoms with Crippen LogP contribution in [0.2, 0.25) is 0 Å². The van der Waals surface area contributed by atoms with Gasteiger partial charge in [0.05, 0.1) is 24.8 Å². The summed E-state index contributed by atoms with van der Waals surface area (Å²) in [5.41, 5.74) is 1.57. The first-order chi connectivity index (χ1) is 10.2. The Labute approximate surface area is 122 Å². The predicted octanol–water partition coefficient (Wildman–Crippen LogP) is 1.63. The average Bonchev–Trinajstić information content (AvgIpc) is 3.28. The van der Waals surface area contributed by atoms with Gasteiger partial charge in [0, 0.05) is 11.6 Å². The minimum atomic E-state index is -0.123. The van der Waals surface area contributed by atoms with Crippen LogP contribution in [0, 0.1) is 11.8 Å². The van der Waals surface area contributed by atoms with Crippen molar-refractivity contribution in [2.45, 2.75) is 19.4 Å². The number of rotatable bonds is 5. The summed E-state index contributed by atoms with van der Waals surface area (Å²) in [7, 11) is 0. The van der Waals surface area contributed by atoms with Crippen molar-refractivity contribution in [1.82, 2.24) is 0 Å². The number of carbonyl (C=O) groups excluding carboxylic acids is 2. The van der Waals surface area contributed by atoms with Crippen LogP contribution in [-0.4, -0.2) is 31.6 Å². The Hall–Kier alpha value is -2.24. The summed E-state index contributed by atoms with van der Waals surface area (Å²) < 4.78 is 11.0. The fourth-order valence-corrected chi connectivity index (χ4v) is 2.73. The zero-order chi connectivity index (χ0) is 14.8. The normalized spacial score (nSPS) is 25.9. The zero-order valence-electron chi connectivity index (χ0n) is 11.8. The molecule has 112 valence electrons. The Morgan fingerprint density at radius 1 is 1.57 bits per heavy atom. The molecule has 1 amide bonds. The molecule has 2 aliphatic rings.